The molecule has 0 saturated heterocycles. The average Bonchev–Trinajstić information content (AvgIpc) is 2.19. The quantitative estimate of drug-likeness (QED) is 0.664. The molecule has 0 heterocycles. The average molecular weight is 221 g/mol. The van der Waals surface area contributed by atoms with Crippen LogP contribution in [0.25, 0.3) is 0 Å². The SMILES string of the molecule is CC(=O)NC([CH]c1ccc(O)cc1)C(N)=O. The molecule has 1 aromatic rings. The standard InChI is InChI=1S/C11H13N2O3/c1-7(14)13-10(11(12)16)6-8-2-4-9(15)5-3-8/h2-6,10,15H,1H3,(H2,12,16)(H,13,14). The summed E-state index contributed by atoms with van der Waals surface area (Å²) in [5, 5.41) is 11.5. The van der Waals surface area contributed by atoms with Crippen LogP contribution in [0.15, 0.2) is 24.3 Å². The summed E-state index contributed by atoms with van der Waals surface area (Å²) >= 11 is 0. The maximum atomic E-state index is 11.0. The molecule has 0 saturated carbocycles. The zero-order chi connectivity index (χ0) is 12.1. The van der Waals surface area contributed by atoms with Gasteiger partial charge in [0.05, 0.1) is 0 Å². The molecule has 5 heteroatoms. The fourth-order valence-electron chi connectivity index (χ4n) is 1.19. The fraction of sp³-hybridized carbons (Fsp3) is 0.182. The maximum absolute atomic E-state index is 11.0. The number of rotatable bonds is 4. The Kier molecular flexibility index (Phi) is 3.88. The number of amides is 2. The third-order valence-electron chi connectivity index (χ3n) is 1.92. The van der Waals surface area contributed by atoms with Crippen molar-refractivity contribution in [2.45, 2.75) is 13.0 Å². The highest BCUT2D eigenvalue weighted by molar-refractivity contribution is 5.87. The van der Waals surface area contributed by atoms with Crippen molar-refractivity contribution in [3.05, 3.63) is 36.2 Å². The molecule has 85 valence electrons. The Morgan fingerprint density at radius 2 is 1.94 bits per heavy atom. The minimum Gasteiger partial charge on any atom is -0.508 e. The molecule has 1 radical (unpaired) electrons. The van der Waals surface area contributed by atoms with Crippen LogP contribution in [-0.2, 0) is 9.59 Å². The monoisotopic (exact) mass is 221 g/mol. The lowest BCUT2D eigenvalue weighted by molar-refractivity contribution is -0.125. The predicted octanol–water partition coefficient (Wildman–Crippen LogP) is -0.0654. The smallest absolute Gasteiger partial charge is 0.240 e. The number of primary amides is 1. The Morgan fingerprint density at radius 3 is 2.38 bits per heavy atom. The van der Waals surface area contributed by atoms with Crippen LogP contribution in [-0.4, -0.2) is 23.0 Å². The molecule has 5 nitrogen and oxygen atoms in total. The number of hydrogen-bond acceptors (Lipinski definition) is 3. The van der Waals surface area contributed by atoms with Crippen molar-refractivity contribution in [3.8, 4) is 5.75 Å². The molecule has 2 amide bonds. The van der Waals surface area contributed by atoms with E-state index < -0.39 is 11.9 Å². The van der Waals surface area contributed by atoms with E-state index in [0.717, 1.165) is 0 Å². The molecule has 1 rings (SSSR count). The highest BCUT2D eigenvalue weighted by Gasteiger charge is 2.16. The lowest BCUT2D eigenvalue weighted by atomic mass is 10.1. The predicted molar refractivity (Wildman–Crippen MR) is 58.3 cm³/mol. The van der Waals surface area contributed by atoms with E-state index in [-0.39, 0.29) is 11.7 Å². The molecule has 16 heavy (non-hydrogen) atoms. The van der Waals surface area contributed by atoms with Gasteiger partial charge in [0.15, 0.2) is 0 Å². The van der Waals surface area contributed by atoms with Crippen molar-refractivity contribution < 1.29 is 14.7 Å². The van der Waals surface area contributed by atoms with Gasteiger partial charge in [-0.1, -0.05) is 12.1 Å². The Balaban J connectivity index is 2.71. The van der Waals surface area contributed by atoms with E-state index in [4.69, 9.17) is 10.8 Å². The highest BCUT2D eigenvalue weighted by Crippen LogP contribution is 2.12. The van der Waals surface area contributed by atoms with Crippen molar-refractivity contribution in [1.82, 2.24) is 5.32 Å². The van der Waals surface area contributed by atoms with Gasteiger partial charge in [0.2, 0.25) is 11.8 Å². The van der Waals surface area contributed by atoms with Crippen molar-refractivity contribution in [2.24, 2.45) is 5.73 Å². The number of hydrogen-bond donors (Lipinski definition) is 3. The largest absolute Gasteiger partial charge is 0.508 e. The van der Waals surface area contributed by atoms with Gasteiger partial charge < -0.3 is 16.2 Å². The number of carbonyl (C=O) groups excluding carboxylic acids is 2. The van der Waals surface area contributed by atoms with Crippen molar-refractivity contribution in [1.29, 1.82) is 0 Å². The minimum atomic E-state index is -0.845. The molecule has 0 aliphatic rings. The van der Waals surface area contributed by atoms with Crippen LogP contribution >= 0.6 is 0 Å². The Morgan fingerprint density at radius 1 is 1.38 bits per heavy atom. The molecular formula is C11H13N2O3. The number of benzene rings is 1. The first-order chi connectivity index (χ1) is 7.49. The van der Waals surface area contributed by atoms with Gasteiger partial charge in [0.1, 0.15) is 11.8 Å². The van der Waals surface area contributed by atoms with Crippen LogP contribution in [0.3, 0.4) is 0 Å². The molecule has 0 aliphatic carbocycles. The van der Waals surface area contributed by atoms with Crippen molar-refractivity contribution >= 4 is 11.8 Å². The molecule has 1 aromatic carbocycles. The first-order valence-corrected chi connectivity index (χ1v) is 4.69. The summed E-state index contributed by atoms with van der Waals surface area (Å²) < 4.78 is 0. The third-order valence-corrected chi connectivity index (χ3v) is 1.92. The number of carbonyl (C=O) groups is 2. The Bertz CT molecular complexity index is 387. The van der Waals surface area contributed by atoms with Gasteiger partial charge in [-0.2, -0.15) is 0 Å². The minimum absolute atomic E-state index is 0.132. The van der Waals surface area contributed by atoms with Crippen LogP contribution in [0, 0.1) is 6.42 Å². The Hall–Kier alpha value is -2.04. The normalized spacial score (nSPS) is 11.8. The van der Waals surface area contributed by atoms with Crippen LogP contribution < -0.4 is 11.1 Å². The van der Waals surface area contributed by atoms with E-state index in [1.54, 1.807) is 12.1 Å². The molecule has 4 N–H and O–H groups in total. The van der Waals surface area contributed by atoms with Crippen LogP contribution in [0.5, 0.6) is 5.75 Å². The summed E-state index contributed by atoms with van der Waals surface area (Å²) in [5.41, 5.74) is 5.82. The van der Waals surface area contributed by atoms with Gasteiger partial charge in [-0.15, -0.1) is 0 Å². The van der Waals surface area contributed by atoms with Crippen LogP contribution in [0.2, 0.25) is 0 Å². The van der Waals surface area contributed by atoms with Gasteiger partial charge in [-0.25, -0.2) is 0 Å². The fourth-order valence-corrected chi connectivity index (χ4v) is 1.19. The second-order valence-electron chi connectivity index (χ2n) is 3.34. The second kappa shape index (κ2) is 5.16. The van der Waals surface area contributed by atoms with Crippen LogP contribution in [0.1, 0.15) is 12.5 Å². The van der Waals surface area contributed by atoms with E-state index in [0.29, 0.717) is 5.56 Å². The number of nitrogens with two attached hydrogens (primary N) is 1. The van der Waals surface area contributed by atoms with Gasteiger partial charge in [0, 0.05) is 13.3 Å². The lowest BCUT2D eigenvalue weighted by Crippen LogP contribution is -2.44. The van der Waals surface area contributed by atoms with Gasteiger partial charge in [-0.05, 0) is 17.7 Å². The van der Waals surface area contributed by atoms with E-state index in [2.05, 4.69) is 5.32 Å². The van der Waals surface area contributed by atoms with E-state index >= 15 is 0 Å². The van der Waals surface area contributed by atoms with Crippen molar-refractivity contribution in [3.63, 3.8) is 0 Å². The molecule has 1 atom stereocenters. The summed E-state index contributed by atoms with van der Waals surface area (Å²) in [5.74, 6) is -0.839. The lowest BCUT2D eigenvalue weighted by Gasteiger charge is -2.13. The molecule has 0 aliphatic heterocycles. The van der Waals surface area contributed by atoms with Crippen LogP contribution in [0.4, 0.5) is 0 Å². The maximum Gasteiger partial charge on any atom is 0.240 e. The van der Waals surface area contributed by atoms with Crippen molar-refractivity contribution in [2.75, 3.05) is 0 Å². The second-order valence-corrected chi connectivity index (χ2v) is 3.34. The molecule has 0 spiro atoms. The van der Waals surface area contributed by atoms with E-state index in [1.165, 1.54) is 25.5 Å². The van der Waals surface area contributed by atoms with Gasteiger partial charge in [0.25, 0.3) is 0 Å². The number of nitrogens with one attached hydrogen (secondary N) is 1. The number of phenols is 1. The third kappa shape index (κ3) is 3.61. The summed E-state index contributed by atoms with van der Waals surface area (Å²) in [4.78, 5) is 21.9. The summed E-state index contributed by atoms with van der Waals surface area (Å²) in [6.45, 7) is 1.31. The number of phenolic OH excluding ortho intramolecular Hbond substituents is 1. The van der Waals surface area contributed by atoms with Gasteiger partial charge in [-0.3, -0.25) is 9.59 Å². The molecule has 0 aromatic heterocycles. The zero-order valence-corrected chi connectivity index (χ0v) is 8.81. The summed E-state index contributed by atoms with van der Waals surface area (Å²) in [7, 11) is 0. The highest BCUT2D eigenvalue weighted by atomic mass is 16.3. The van der Waals surface area contributed by atoms with Gasteiger partial charge >= 0.3 is 0 Å². The van der Waals surface area contributed by atoms with E-state index in [1.807, 2.05) is 0 Å². The molecule has 0 bridgehead atoms. The number of aromatic hydroxyl groups is 1. The topological polar surface area (TPSA) is 92.4 Å². The first kappa shape index (κ1) is 12.0. The Labute approximate surface area is 93.3 Å². The molecular weight excluding hydrogens is 208 g/mol. The first-order valence-electron chi connectivity index (χ1n) is 4.69. The zero-order valence-electron chi connectivity index (χ0n) is 8.81. The summed E-state index contributed by atoms with van der Waals surface area (Å²) in [6, 6.07) is 5.36. The van der Waals surface area contributed by atoms with E-state index in [9.17, 15) is 9.59 Å². The molecule has 1 unspecified atom stereocenters. The summed E-state index contributed by atoms with van der Waals surface area (Å²) in [6.07, 6.45) is 1.52. The molecule has 0 fully saturated rings.